The van der Waals surface area contributed by atoms with E-state index in [1.54, 1.807) is 29.2 Å². The van der Waals surface area contributed by atoms with Crippen molar-refractivity contribution in [3.8, 4) is 0 Å². The molecule has 0 unspecified atom stereocenters. The molecule has 0 saturated carbocycles. The Morgan fingerprint density at radius 2 is 1.67 bits per heavy atom. The second kappa shape index (κ2) is 4.96. The monoisotopic (exact) mass is 242 g/mol. The summed E-state index contributed by atoms with van der Waals surface area (Å²) < 4.78 is 1.79. The Kier molecular flexibility index (Phi) is 3.37. The van der Waals surface area contributed by atoms with Gasteiger partial charge in [-0.3, -0.25) is 9.78 Å². The lowest BCUT2D eigenvalue weighted by atomic mass is 10.2. The lowest BCUT2D eigenvalue weighted by molar-refractivity contribution is -0.654. The largest absolute Gasteiger partial charge is 0.305 e. The van der Waals surface area contributed by atoms with E-state index in [4.69, 9.17) is 0 Å². The van der Waals surface area contributed by atoms with E-state index in [-0.39, 0.29) is 5.91 Å². The van der Waals surface area contributed by atoms with Gasteiger partial charge >= 0.3 is 5.91 Å². The molecule has 0 aromatic carbocycles. The molecule has 1 N–H and O–H groups in total. The second-order valence-corrected chi connectivity index (χ2v) is 4.33. The molecule has 1 amide bonds. The maximum absolute atomic E-state index is 12.0. The third kappa shape index (κ3) is 2.53. The van der Waals surface area contributed by atoms with E-state index in [0.717, 1.165) is 11.4 Å². The van der Waals surface area contributed by atoms with Crippen LogP contribution in [0.2, 0.25) is 0 Å². The molecule has 4 heteroatoms. The molecule has 0 saturated heterocycles. The third-order valence-electron chi connectivity index (χ3n) is 2.73. The molecular formula is C14H16N3O+. The fraction of sp³-hybridized carbons (Fsp3) is 0.214. The summed E-state index contributed by atoms with van der Waals surface area (Å²) in [7, 11) is 0. The van der Waals surface area contributed by atoms with Gasteiger partial charge in [0.15, 0.2) is 0 Å². The summed E-state index contributed by atoms with van der Waals surface area (Å²) in [6.45, 7) is 5.97. The Morgan fingerprint density at radius 1 is 1.11 bits per heavy atom. The Balaban J connectivity index is 2.28. The summed E-state index contributed by atoms with van der Waals surface area (Å²) in [4.78, 5) is 15.9. The standard InChI is InChI=1S/C14H15N3O/c1-10-8-11(2)17(12(3)9-10)16-14(18)13-4-6-15-7-5-13/h4-9H,1-3H3/p+1. The van der Waals surface area contributed by atoms with Crippen LogP contribution in [0.1, 0.15) is 27.3 Å². The van der Waals surface area contributed by atoms with Crippen LogP contribution in [-0.4, -0.2) is 10.9 Å². The number of carbonyl (C=O) groups is 1. The van der Waals surface area contributed by atoms with Gasteiger partial charge in [0.1, 0.15) is 0 Å². The van der Waals surface area contributed by atoms with Gasteiger partial charge in [-0.2, -0.15) is 0 Å². The van der Waals surface area contributed by atoms with E-state index < -0.39 is 0 Å². The highest BCUT2D eigenvalue weighted by atomic mass is 16.2. The first-order valence-electron chi connectivity index (χ1n) is 5.79. The lowest BCUT2D eigenvalue weighted by Gasteiger charge is -2.05. The normalized spacial score (nSPS) is 10.2. The van der Waals surface area contributed by atoms with Crippen LogP contribution >= 0.6 is 0 Å². The molecule has 0 atom stereocenters. The zero-order valence-electron chi connectivity index (χ0n) is 10.8. The molecule has 0 fully saturated rings. The lowest BCUT2D eigenvalue weighted by Crippen LogP contribution is -2.52. The number of nitrogens with zero attached hydrogens (tertiary/aromatic N) is 2. The quantitative estimate of drug-likeness (QED) is 0.814. The third-order valence-corrected chi connectivity index (χ3v) is 2.73. The van der Waals surface area contributed by atoms with Gasteiger partial charge in [0.05, 0.1) is 0 Å². The number of hydrogen-bond donors (Lipinski definition) is 1. The predicted octanol–water partition coefficient (Wildman–Crippen LogP) is 1.68. The van der Waals surface area contributed by atoms with Crippen LogP contribution in [-0.2, 0) is 0 Å². The summed E-state index contributed by atoms with van der Waals surface area (Å²) in [6.07, 6.45) is 3.21. The Bertz CT molecular complexity index is 556. The van der Waals surface area contributed by atoms with Crippen LogP contribution in [0.4, 0.5) is 0 Å². The molecular weight excluding hydrogens is 226 g/mol. The molecule has 92 valence electrons. The van der Waals surface area contributed by atoms with Crippen molar-refractivity contribution < 1.29 is 9.47 Å². The zero-order chi connectivity index (χ0) is 13.1. The number of rotatable bonds is 2. The molecule has 2 heterocycles. The summed E-state index contributed by atoms with van der Waals surface area (Å²) in [5.41, 5.74) is 6.64. The molecule has 0 spiro atoms. The van der Waals surface area contributed by atoms with Gasteiger partial charge in [-0.05, 0) is 24.6 Å². The van der Waals surface area contributed by atoms with Crippen LogP contribution in [0.5, 0.6) is 0 Å². The number of amides is 1. The molecule has 0 radical (unpaired) electrons. The van der Waals surface area contributed by atoms with Crippen molar-refractivity contribution in [2.75, 3.05) is 5.43 Å². The second-order valence-electron chi connectivity index (χ2n) is 4.33. The van der Waals surface area contributed by atoms with Crippen molar-refractivity contribution in [2.24, 2.45) is 0 Å². The zero-order valence-corrected chi connectivity index (χ0v) is 10.8. The molecule has 4 nitrogen and oxygen atoms in total. The smallest absolute Gasteiger partial charge is 0.265 e. The van der Waals surface area contributed by atoms with E-state index in [1.807, 2.05) is 32.9 Å². The van der Waals surface area contributed by atoms with E-state index in [1.165, 1.54) is 5.56 Å². The average Bonchev–Trinajstić information content (AvgIpc) is 2.34. The van der Waals surface area contributed by atoms with Crippen LogP contribution in [0, 0.1) is 20.8 Å². The van der Waals surface area contributed by atoms with Gasteiger partial charge in [0.25, 0.3) is 0 Å². The van der Waals surface area contributed by atoms with Crippen molar-refractivity contribution in [3.63, 3.8) is 0 Å². The van der Waals surface area contributed by atoms with Crippen molar-refractivity contribution in [2.45, 2.75) is 20.8 Å². The minimum absolute atomic E-state index is 0.141. The first-order valence-corrected chi connectivity index (χ1v) is 5.79. The summed E-state index contributed by atoms with van der Waals surface area (Å²) in [6, 6.07) is 7.43. The number of aryl methyl sites for hydroxylation is 3. The van der Waals surface area contributed by atoms with Gasteiger partial charge in [0.2, 0.25) is 11.4 Å². The van der Waals surface area contributed by atoms with Crippen LogP contribution in [0.15, 0.2) is 36.7 Å². The van der Waals surface area contributed by atoms with Crippen LogP contribution < -0.4 is 10.1 Å². The van der Waals surface area contributed by atoms with Gasteiger partial charge in [-0.15, -0.1) is 5.43 Å². The van der Waals surface area contributed by atoms with Gasteiger partial charge < -0.3 is 0 Å². The Morgan fingerprint density at radius 3 is 2.22 bits per heavy atom. The fourth-order valence-corrected chi connectivity index (χ4v) is 1.95. The molecule has 0 aliphatic carbocycles. The summed E-state index contributed by atoms with van der Waals surface area (Å²) >= 11 is 0. The maximum atomic E-state index is 12.0. The van der Waals surface area contributed by atoms with Crippen molar-refractivity contribution >= 4 is 5.91 Å². The SMILES string of the molecule is Cc1cc(C)[n+](NC(=O)c2ccncc2)c(C)c1. The molecule has 0 aliphatic rings. The summed E-state index contributed by atoms with van der Waals surface area (Å²) in [5, 5.41) is 0. The number of aromatic nitrogens is 2. The molecule has 0 aliphatic heterocycles. The molecule has 2 aromatic rings. The van der Waals surface area contributed by atoms with E-state index in [2.05, 4.69) is 10.4 Å². The van der Waals surface area contributed by atoms with Gasteiger partial charge in [-0.25, -0.2) is 0 Å². The highest BCUT2D eigenvalue weighted by molar-refractivity contribution is 5.98. The fourth-order valence-electron chi connectivity index (χ4n) is 1.95. The van der Waals surface area contributed by atoms with Crippen LogP contribution in [0.25, 0.3) is 0 Å². The van der Waals surface area contributed by atoms with Crippen molar-refractivity contribution in [1.29, 1.82) is 0 Å². The first-order chi connectivity index (χ1) is 8.58. The Labute approximate surface area is 106 Å². The van der Waals surface area contributed by atoms with E-state index in [0.29, 0.717) is 5.56 Å². The van der Waals surface area contributed by atoms with E-state index >= 15 is 0 Å². The minimum atomic E-state index is -0.141. The number of carbonyl (C=O) groups excluding carboxylic acids is 1. The highest BCUT2D eigenvalue weighted by Gasteiger charge is 2.16. The van der Waals surface area contributed by atoms with Gasteiger partial charge in [-0.1, -0.05) is 4.68 Å². The number of hydrogen-bond acceptors (Lipinski definition) is 2. The number of pyridine rings is 2. The predicted molar refractivity (Wildman–Crippen MR) is 68.8 cm³/mol. The number of nitrogens with one attached hydrogen (secondary N) is 1. The first kappa shape index (κ1) is 12.2. The van der Waals surface area contributed by atoms with Crippen molar-refractivity contribution in [3.05, 3.63) is 59.2 Å². The van der Waals surface area contributed by atoms with E-state index in [9.17, 15) is 4.79 Å². The highest BCUT2D eigenvalue weighted by Crippen LogP contribution is 2.01. The Hall–Kier alpha value is -2.23. The topological polar surface area (TPSA) is 45.9 Å². The van der Waals surface area contributed by atoms with Crippen LogP contribution in [0.3, 0.4) is 0 Å². The molecule has 18 heavy (non-hydrogen) atoms. The maximum Gasteiger partial charge on any atom is 0.305 e. The van der Waals surface area contributed by atoms with Gasteiger partial charge in [0, 0.05) is 43.9 Å². The summed E-state index contributed by atoms with van der Waals surface area (Å²) in [5.74, 6) is -0.141. The minimum Gasteiger partial charge on any atom is -0.265 e. The molecule has 0 bridgehead atoms. The molecule has 2 aromatic heterocycles. The van der Waals surface area contributed by atoms with Crippen molar-refractivity contribution in [1.82, 2.24) is 4.98 Å². The molecule has 2 rings (SSSR count). The average molecular weight is 242 g/mol.